The summed E-state index contributed by atoms with van der Waals surface area (Å²) < 4.78 is 27.6. The summed E-state index contributed by atoms with van der Waals surface area (Å²) in [4.78, 5) is 13.2. The van der Waals surface area contributed by atoms with Crippen molar-refractivity contribution in [2.24, 2.45) is 0 Å². The fraction of sp³-hybridized carbons (Fsp3) is 0.286. The smallest absolute Gasteiger partial charge is 0.388 e. The minimum atomic E-state index is -3.04. The lowest BCUT2D eigenvalue weighted by Gasteiger charge is -2.05. The van der Waals surface area contributed by atoms with Crippen LogP contribution in [0, 0.1) is 17.0 Å². The Hall–Kier alpha value is -1.79. The number of nitro groups is 1. The van der Waals surface area contributed by atoms with Gasteiger partial charge in [-0.05, 0) is 6.92 Å². The van der Waals surface area contributed by atoms with Crippen LogP contribution in [-0.4, -0.2) is 16.5 Å². The van der Waals surface area contributed by atoms with Crippen LogP contribution in [0.25, 0.3) is 0 Å². The van der Waals surface area contributed by atoms with Gasteiger partial charge in [0.15, 0.2) is 0 Å². The van der Waals surface area contributed by atoms with Gasteiger partial charge in [-0.1, -0.05) is 0 Å². The molecule has 1 rings (SSSR count). The molecule has 0 aromatic carbocycles. The van der Waals surface area contributed by atoms with Crippen LogP contribution in [0.2, 0.25) is 0 Å². The Bertz CT molecular complexity index is 357. The molecule has 7 heteroatoms. The summed E-state index contributed by atoms with van der Waals surface area (Å²) in [5, 5.41) is 10.4. The number of ether oxygens (including phenoxy) is 1. The first-order valence-electron chi connectivity index (χ1n) is 3.57. The molecule has 0 aliphatic heterocycles. The van der Waals surface area contributed by atoms with E-state index >= 15 is 0 Å². The fourth-order valence-electron chi connectivity index (χ4n) is 0.908. The number of halogens is 2. The van der Waals surface area contributed by atoms with Crippen LogP contribution in [0.3, 0.4) is 0 Å². The van der Waals surface area contributed by atoms with Gasteiger partial charge in [0.05, 0.1) is 10.5 Å². The third-order valence-electron chi connectivity index (χ3n) is 1.53. The molecular formula is C7H6F2N2O3. The van der Waals surface area contributed by atoms with Crippen molar-refractivity contribution in [3.05, 3.63) is 27.9 Å². The topological polar surface area (TPSA) is 65.3 Å². The van der Waals surface area contributed by atoms with E-state index in [0.717, 1.165) is 12.3 Å². The van der Waals surface area contributed by atoms with Crippen molar-refractivity contribution in [2.45, 2.75) is 13.5 Å². The van der Waals surface area contributed by atoms with Crippen molar-refractivity contribution in [1.29, 1.82) is 0 Å². The van der Waals surface area contributed by atoms with E-state index in [1.165, 1.54) is 6.92 Å². The molecule has 0 unspecified atom stereocenters. The predicted octanol–water partition coefficient (Wildman–Crippen LogP) is 1.90. The number of aromatic nitrogens is 1. The number of alkyl halides is 2. The van der Waals surface area contributed by atoms with Gasteiger partial charge in [-0.2, -0.15) is 8.78 Å². The monoisotopic (exact) mass is 204 g/mol. The molecule has 0 spiro atoms. The quantitative estimate of drug-likeness (QED) is 0.557. The number of nitrogens with zero attached hydrogens (tertiary/aromatic N) is 2. The van der Waals surface area contributed by atoms with Gasteiger partial charge in [0, 0.05) is 12.3 Å². The van der Waals surface area contributed by atoms with Crippen LogP contribution < -0.4 is 4.74 Å². The Morgan fingerprint density at radius 2 is 2.29 bits per heavy atom. The molecule has 14 heavy (non-hydrogen) atoms. The number of rotatable bonds is 3. The first-order valence-corrected chi connectivity index (χ1v) is 3.57. The molecule has 0 atom stereocenters. The van der Waals surface area contributed by atoms with Gasteiger partial charge in [0.1, 0.15) is 0 Å². The Morgan fingerprint density at radius 1 is 1.64 bits per heavy atom. The average Bonchev–Trinajstić information content (AvgIpc) is 2.07. The zero-order valence-corrected chi connectivity index (χ0v) is 7.11. The predicted molar refractivity (Wildman–Crippen MR) is 42.3 cm³/mol. The zero-order valence-electron chi connectivity index (χ0n) is 7.11. The summed E-state index contributed by atoms with van der Waals surface area (Å²) in [7, 11) is 0. The number of hydrogen-bond donors (Lipinski definition) is 0. The summed E-state index contributed by atoms with van der Waals surface area (Å²) in [6.07, 6.45) is 1.04. The van der Waals surface area contributed by atoms with E-state index in [0.29, 0.717) is 0 Å². The normalized spacial score (nSPS) is 10.3. The van der Waals surface area contributed by atoms with Gasteiger partial charge < -0.3 is 4.74 Å². The van der Waals surface area contributed by atoms with E-state index in [1.807, 2.05) is 0 Å². The lowest BCUT2D eigenvalue weighted by molar-refractivity contribution is -0.385. The molecule has 0 aliphatic carbocycles. The van der Waals surface area contributed by atoms with Crippen molar-refractivity contribution in [3.63, 3.8) is 0 Å². The lowest BCUT2D eigenvalue weighted by Crippen LogP contribution is -2.06. The Kier molecular flexibility index (Phi) is 2.90. The molecule has 0 radical (unpaired) electrons. The van der Waals surface area contributed by atoms with Gasteiger partial charge in [0.2, 0.25) is 5.88 Å². The van der Waals surface area contributed by atoms with Crippen LogP contribution >= 0.6 is 0 Å². The van der Waals surface area contributed by atoms with E-state index in [-0.39, 0.29) is 11.3 Å². The first-order chi connectivity index (χ1) is 6.52. The minimum Gasteiger partial charge on any atom is -0.416 e. The molecule has 76 valence electrons. The number of pyridine rings is 1. The molecule has 0 saturated carbocycles. The SMILES string of the molecule is Cc1c([N+](=O)[O-])ccnc1OC(F)F. The van der Waals surface area contributed by atoms with Gasteiger partial charge in [-0.3, -0.25) is 10.1 Å². The van der Waals surface area contributed by atoms with Gasteiger partial charge in [0.25, 0.3) is 5.69 Å². The molecule has 0 amide bonds. The summed E-state index contributed by atoms with van der Waals surface area (Å²) in [5.74, 6) is -0.422. The van der Waals surface area contributed by atoms with E-state index in [2.05, 4.69) is 9.72 Å². The van der Waals surface area contributed by atoms with Crippen molar-refractivity contribution in [1.82, 2.24) is 4.98 Å². The van der Waals surface area contributed by atoms with Crippen LogP contribution in [0.5, 0.6) is 5.88 Å². The van der Waals surface area contributed by atoms with E-state index in [4.69, 9.17) is 0 Å². The Labute approximate surface area is 77.5 Å². The minimum absolute atomic E-state index is 0.0159. The summed E-state index contributed by atoms with van der Waals surface area (Å²) in [6.45, 7) is -1.74. The Morgan fingerprint density at radius 3 is 2.79 bits per heavy atom. The largest absolute Gasteiger partial charge is 0.416 e. The fourth-order valence-corrected chi connectivity index (χ4v) is 0.908. The molecule has 1 aromatic heterocycles. The molecule has 0 saturated heterocycles. The maximum atomic E-state index is 11.8. The molecule has 0 bridgehead atoms. The zero-order chi connectivity index (χ0) is 10.7. The second-order valence-corrected chi connectivity index (χ2v) is 2.40. The van der Waals surface area contributed by atoms with Crippen LogP contribution in [0.4, 0.5) is 14.5 Å². The highest BCUT2D eigenvalue weighted by Gasteiger charge is 2.17. The molecule has 0 fully saturated rings. The molecule has 1 aromatic rings. The highest BCUT2D eigenvalue weighted by atomic mass is 19.3. The highest BCUT2D eigenvalue weighted by Crippen LogP contribution is 2.25. The van der Waals surface area contributed by atoms with Crippen molar-refractivity contribution in [2.75, 3.05) is 0 Å². The highest BCUT2D eigenvalue weighted by molar-refractivity contribution is 5.43. The van der Waals surface area contributed by atoms with Crippen LogP contribution in [-0.2, 0) is 0 Å². The summed E-state index contributed by atoms with van der Waals surface area (Å²) in [5.41, 5.74) is -0.312. The number of hydrogen-bond acceptors (Lipinski definition) is 4. The van der Waals surface area contributed by atoms with Crippen molar-refractivity contribution in [3.8, 4) is 5.88 Å². The summed E-state index contributed by atoms with van der Waals surface area (Å²) in [6, 6.07) is 1.12. The van der Waals surface area contributed by atoms with Gasteiger partial charge >= 0.3 is 6.61 Å². The van der Waals surface area contributed by atoms with Crippen molar-refractivity contribution >= 4 is 5.69 Å². The molecule has 0 aliphatic rings. The third kappa shape index (κ3) is 2.12. The van der Waals surface area contributed by atoms with E-state index in [9.17, 15) is 18.9 Å². The van der Waals surface area contributed by atoms with Crippen molar-refractivity contribution < 1.29 is 18.4 Å². The standard InChI is InChI=1S/C7H6F2N2O3/c1-4-5(11(12)13)2-3-10-6(4)14-7(8)9/h2-3,7H,1H3. The Balaban J connectivity index is 3.07. The second kappa shape index (κ2) is 3.95. The maximum absolute atomic E-state index is 11.8. The van der Waals surface area contributed by atoms with E-state index in [1.54, 1.807) is 0 Å². The average molecular weight is 204 g/mol. The molecule has 0 N–H and O–H groups in total. The molecular weight excluding hydrogens is 198 g/mol. The maximum Gasteiger partial charge on any atom is 0.388 e. The summed E-state index contributed by atoms with van der Waals surface area (Å²) >= 11 is 0. The van der Waals surface area contributed by atoms with Gasteiger partial charge in [-0.15, -0.1) is 0 Å². The van der Waals surface area contributed by atoms with Crippen LogP contribution in [0.15, 0.2) is 12.3 Å². The first kappa shape index (κ1) is 10.3. The molecule has 1 heterocycles. The lowest BCUT2D eigenvalue weighted by atomic mass is 10.2. The molecule has 5 nitrogen and oxygen atoms in total. The second-order valence-electron chi connectivity index (χ2n) is 2.40. The van der Waals surface area contributed by atoms with E-state index < -0.39 is 17.4 Å². The van der Waals surface area contributed by atoms with Crippen LogP contribution in [0.1, 0.15) is 5.56 Å². The van der Waals surface area contributed by atoms with Gasteiger partial charge in [-0.25, -0.2) is 4.98 Å². The third-order valence-corrected chi connectivity index (χ3v) is 1.53.